The molecular weight excluding hydrogens is 310 g/mol. The summed E-state index contributed by atoms with van der Waals surface area (Å²) in [6.45, 7) is 10.7. The van der Waals surface area contributed by atoms with Crippen molar-refractivity contribution in [2.45, 2.75) is 65.5 Å². The largest absolute Gasteiger partial charge is 0.444 e. The molecule has 0 radical (unpaired) electrons. The molecule has 2 N–H and O–H groups in total. The van der Waals surface area contributed by atoms with Gasteiger partial charge in [0.2, 0.25) is 11.8 Å². The van der Waals surface area contributed by atoms with Crippen molar-refractivity contribution < 1.29 is 19.1 Å². The highest BCUT2D eigenvalue weighted by molar-refractivity contribution is 5.88. The summed E-state index contributed by atoms with van der Waals surface area (Å²) in [7, 11) is 0. The molecule has 0 unspecified atom stereocenters. The highest BCUT2D eigenvalue weighted by atomic mass is 16.6. The number of amides is 3. The van der Waals surface area contributed by atoms with Gasteiger partial charge in [0, 0.05) is 25.6 Å². The molecule has 1 rings (SSSR count). The number of rotatable bonds is 5. The second-order valence-electron chi connectivity index (χ2n) is 7.26. The molecule has 7 nitrogen and oxygen atoms in total. The normalized spacial score (nSPS) is 17.1. The van der Waals surface area contributed by atoms with Crippen LogP contribution in [0, 0.1) is 5.92 Å². The average molecular weight is 341 g/mol. The first-order valence-corrected chi connectivity index (χ1v) is 8.70. The van der Waals surface area contributed by atoms with Gasteiger partial charge in [-0.2, -0.15) is 0 Å². The van der Waals surface area contributed by atoms with Gasteiger partial charge >= 0.3 is 6.09 Å². The highest BCUT2D eigenvalue weighted by Gasteiger charge is 2.30. The second-order valence-corrected chi connectivity index (χ2v) is 7.26. The van der Waals surface area contributed by atoms with Gasteiger partial charge in [-0.3, -0.25) is 9.59 Å². The third-order valence-corrected chi connectivity index (χ3v) is 3.82. The Morgan fingerprint density at radius 2 is 1.79 bits per heavy atom. The van der Waals surface area contributed by atoms with Crippen molar-refractivity contribution in [3.8, 4) is 0 Å². The molecule has 1 fully saturated rings. The Morgan fingerprint density at radius 1 is 1.21 bits per heavy atom. The van der Waals surface area contributed by atoms with Crippen molar-refractivity contribution in [3.05, 3.63) is 0 Å². The quantitative estimate of drug-likeness (QED) is 0.796. The average Bonchev–Trinajstić information content (AvgIpc) is 2.50. The van der Waals surface area contributed by atoms with Crippen LogP contribution in [-0.2, 0) is 14.3 Å². The van der Waals surface area contributed by atoms with Gasteiger partial charge in [-0.15, -0.1) is 0 Å². The molecule has 0 bridgehead atoms. The standard InChI is InChI=1S/C17H31N3O4/c1-6-9-18-14(21)12(2)19-15(22)13-7-10-20(11-8-13)16(23)24-17(3,4)5/h12-13H,6-11H2,1-5H3,(H,18,21)(H,19,22)/t12-/m1/s1. The number of ether oxygens (including phenoxy) is 1. The Hall–Kier alpha value is -1.79. The molecule has 138 valence electrons. The first-order chi connectivity index (χ1) is 11.1. The lowest BCUT2D eigenvalue weighted by Crippen LogP contribution is -2.49. The maximum atomic E-state index is 12.3. The summed E-state index contributed by atoms with van der Waals surface area (Å²) in [6.07, 6.45) is 1.67. The van der Waals surface area contributed by atoms with Crippen molar-refractivity contribution in [3.63, 3.8) is 0 Å². The fourth-order valence-electron chi connectivity index (χ4n) is 2.45. The molecule has 7 heteroatoms. The van der Waals surface area contributed by atoms with E-state index in [1.165, 1.54) is 0 Å². The van der Waals surface area contributed by atoms with Crippen molar-refractivity contribution >= 4 is 17.9 Å². The lowest BCUT2D eigenvalue weighted by Gasteiger charge is -2.33. The van der Waals surface area contributed by atoms with E-state index in [1.807, 2.05) is 27.7 Å². The van der Waals surface area contributed by atoms with E-state index in [0.717, 1.165) is 6.42 Å². The Bertz CT molecular complexity index is 451. The third-order valence-electron chi connectivity index (χ3n) is 3.82. The third kappa shape index (κ3) is 6.76. The van der Waals surface area contributed by atoms with Gasteiger partial charge in [0.25, 0.3) is 0 Å². The maximum Gasteiger partial charge on any atom is 0.410 e. The lowest BCUT2D eigenvalue weighted by molar-refractivity contribution is -0.131. The van der Waals surface area contributed by atoms with Crippen LogP contribution in [0.15, 0.2) is 0 Å². The monoisotopic (exact) mass is 341 g/mol. The Morgan fingerprint density at radius 3 is 2.29 bits per heavy atom. The Balaban J connectivity index is 2.40. The molecule has 0 aromatic rings. The number of nitrogens with one attached hydrogen (secondary N) is 2. The molecule has 0 aromatic carbocycles. The van der Waals surface area contributed by atoms with Gasteiger partial charge in [0.05, 0.1) is 0 Å². The Labute approximate surface area is 144 Å². The van der Waals surface area contributed by atoms with E-state index in [0.29, 0.717) is 32.5 Å². The van der Waals surface area contributed by atoms with Gasteiger partial charge in [-0.05, 0) is 47.0 Å². The number of carbonyl (C=O) groups excluding carboxylic acids is 3. The molecular formula is C17H31N3O4. The molecule has 1 saturated heterocycles. The molecule has 0 aromatic heterocycles. The minimum atomic E-state index is -0.548. The van der Waals surface area contributed by atoms with E-state index in [-0.39, 0.29) is 23.8 Å². The van der Waals surface area contributed by atoms with Crippen LogP contribution < -0.4 is 10.6 Å². The van der Waals surface area contributed by atoms with Gasteiger partial charge < -0.3 is 20.3 Å². The number of piperidine rings is 1. The predicted octanol–water partition coefficient (Wildman–Crippen LogP) is 1.66. The summed E-state index contributed by atoms with van der Waals surface area (Å²) < 4.78 is 5.34. The van der Waals surface area contributed by atoms with E-state index in [9.17, 15) is 14.4 Å². The molecule has 0 spiro atoms. The number of likely N-dealkylation sites (tertiary alicyclic amines) is 1. The summed E-state index contributed by atoms with van der Waals surface area (Å²) in [6, 6.07) is -0.548. The zero-order chi connectivity index (χ0) is 18.3. The molecule has 3 amide bonds. The predicted molar refractivity (Wildman–Crippen MR) is 91.4 cm³/mol. The molecule has 1 heterocycles. The van der Waals surface area contributed by atoms with Gasteiger partial charge in [0.1, 0.15) is 11.6 Å². The molecule has 0 saturated carbocycles. The van der Waals surface area contributed by atoms with Gasteiger partial charge in [-0.25, -0.2) is 4.79 Å². The van der Waals surface area contributed by atoms with E-state index in [1.54, 1.807) is 11.8 Å². The first-order valence-electron chi connectivity index (χ1n) is 8.70. The molecule has 24 heavy (non-hydrogen) atoms. The van der Waals surface area contributed by atoms with Crippen LogP contribution in [0.2, 0.25) is 0 Å². The highest BCUT2D eigenvalue weighted by Crippen LogP contribution is 2.20. The van der Waals surface area contributed by atoms with Crippen LogP contribution in [0.5, 0.6) is 0 Å². The van der Waals surface area contributed by atoms with E-state index < -0.39 is 11.6 Å². The van der Waals surface area contributed by atoms with Gasteiger partial charge in [-0.1, -0.05) is 6.92 Å². The summed E-state index contributed by atoms with van der Waals surface area (Å²) >= 11 is 0. The van der Waals surface area contributed by atoms with Crippen LogP contribution in [0.1, 0.15) is 53.9 Å². The fourth-order valence-corrected chi connectivity index (χ4v) is 2.45. The van der Waals surface area contributed by atoms with Crippen molar-refractivity contribution in [1.82, 2.24) is 15.5 Å². The number of hydrogen-bond acceptors (Lipinski definition) is 4. The second kappa shape index (κ2) is 8.89. The topological polar surface area (TPSA) is 87.7 Å². The van der Waals surface area contributed by atoms with Crippen molar-refractivity contribution in [2.75, 3.05) is 19.6 Å². The zero-order valence-corrected chi connectivity index (χ0v) is 15.5. The zero-order valence-electron chi connectivity index (χ0n) is 15.5. The lowest BCUT2D eigenvalue weighted by atomic mass is 9.96. The van der Waals surface area contributed by atoms with Crippen LogP contribution in [0.4, 0.5) is 4.79 Å². The number of hydrogen-bond donors (Lipinski definition) is 2. The molecule has 1 aliphatic rings. The minimum absolute atomic E-state index is 0.127. The first kappa shape index (κ1) is 20.3. The smallest absolute Gasteiger partial charge is 0.410 e. The van der Waals surface area contributed by atoms with E-state index in [2.05, 4.69) is 10.6 Å². The summed E-state index contributed by atoms with van der Waals surface area (Å²) in [5.41, 5.74) is -0.521. The van der Waals surface area contributed by atoms with Crippen molar-refractivity contribution in [2.24, 2.45) is 5.92 Å². The van der Waals surface area contributed by atoms with E-state index in [4.69, 9.17) is 4.74 Å². The minimum Gasteiger partial charge on any atom is -0.444 e. The SMILES string of the molecule is CCCNC(=O)[C@@H](C)NC(=O)C1CCN(C(=O)OC(C)(C)C)CC1. The number of carbonyl (C=O) groups is 3. The van der Waals surface area contributed by atoms with Crippen LogP contribution >= 0.6 is 0 Å². The molecule has 0 aliphatic carbocycles. The van der Waals surface area contributed by atoms with Crippen LogP contribution in [0.25, 0.3) is 0 Å². The van der Waals surface area contributed by atoms with E-state index >= 15 is 0 Å². The fraction of sp³-hybridized carbons (Fsp3) is 0.824. The van der Waals surface area contributed by atoms with Crippen molar-refractivity contribution in [1.29, 1.82) is 0 Å². The molecule has 1 aliphatic heterocycles. The Kier molecular flexibility index (Phi) is 7.51. The maximum absolute atomic E-state index is 12.3. The summed E-state index contributed by atoms with van der Waals surface area (Å²) in [5, 5.41) is 5.52. The van der Waals surface area contributed by atoms with Gasteiger partial charge in [0.15, 0.2) is 0 Å². The summed E-state index contributed by atoms with van der Waals surface area (Å²) in [5.74, 6) is -0.473. The summed E-state index contributed by atoms with van der Waals surface area (Å²) in [4.78, 5) is 37.7. The molecule has 1 atom stereocenters. The van der Waals surface area contributed by atoms with Crippen LogP contribution in [0.3, 0.4) is 0 Å². The van der Waals surface area contributed by atoms with Crippen LogP contribution in [-0.4, -0.2) is 54.1 Å². The number of nitrogens with zero attached hydrogens (tertiary/aromatic N) is 1.